The van der Waals surface area contributed by atoms with Gasteiger partial charge in [-0.25, -0.2) is 0 Å². The molecule has 0 aliphatic rings. The van der Waals surface area contributed by atoms with Crippen molar-refractivity contribution in [1.29, 1.82) is 0 Å². The summed E-state index contributed by atoms with van der Waals surface area (Å²) in [4.78, 5) is 0. The molecule has 9 aromatic rings. The maximum atomic E-state index is 4.43. The first-order valence-electron chi connectivity index (χ1n) is 18.5. The van der Waals surface area contributed by atoms with Crippen molar-refractivity contribution in [3.63, 3.8) is 0 Å². The first-order valence-corrected chi connectivity index (χ1v) is 21.8. The van der Waals surface area contributed by atoms with Crippen LogP contribution in [0.15, 0.2) is 224 Å². The predicted molar refractivity (Wildman–Crippen MR) is 240 cm³/mol. The maximum absolute atomic E-state index is 4.43. The molecule has 0 radical (unpaired) electrons. The molecule has 0 aromatic heterocycles. The Kier molecular flexibility index (Phi) is 9.47. The topological polar surface area (TPSA) is 24.1 Å². The molecule has 0 bridgehead atoms. The van der Waals surface area contributed by atoms with Crippen LogP contribution >= 0.6 is 15.5 Å². The molecule has 2 nitrogen and oxygen atoms in total. The van der Waals surface area contributed by atoms with Gasteiger partial charge in [0, 0.05) is 0 Å². The van der Waals surface area contributed by atoms with Gasteiger partial charge in [0.1, 0.15) is 0 Å². The van der Waals surface area contributed by atoms with Crippen LogP contribution in [0.25, 0.3) is 32.7 Å². The van der Waals surface area contributed by atoms with Crippen LogP contribution in [0.5, 0.6) is 0 Å². The normalized spacial score (nSPS) is 11.8. The van der Waals surface area contributed by atoms with Crippen LogP contribution in [0.1, 0.15) is 0 Å². The second-order valence-electron chi connectivity index (χ2n) is 13.5. The fourth-order valence-electron chi connectivity index (χ4n) is 7.81. The zero-order valence-electron chi connectivity index (χ0n) is 29.8. The summed E-state index contributed by atoms with van der Waals surface area (Å²) in [6, 6.07) is 81.8. The molecule has 0 fully saturated rings. The van der Waals surface area contributed by atoms with Crippen molar-refractivity contribution in [1.82, 2.24) is 0 Å². The Morgan fingerprint density at radius 2 is 0.667 bits per heavy atom. The van der Waals surface area contributed by atoms with E-state index in [2.05, 4.69) is 235 Å². The predicted octanol–water partition coefficient (Wildman–Crippen LogP) is 11.2. The van der Waals surface area contributed by atoms with Crippen LogP contribution in [-0.4, -0.2) is 0 Å². The van der Waals surface area contributed by atoms with E-state index in [0.717, 1.165) is 11.4 Å². The number of benzene rings is 9. The Balaban J connectivity index is 1.34. The molecule has 0 atom stereocenters. The van der Waals surface area contributed by atoms with Crippen LogP contribution in [0.4, 0.5) is 11.4 Å². The summed E-state index contributed by atoms with van der Waals surface area (Å²) < 4.78 is 0. The number of hydrogen-bond donors (Lipinski definition) is 2. The van der Waals surface area contributed by atoms with Gasteiger partial charge in [0.05, 0.1) is 0 Å². The molecule has 2 N–H and O–H groups in total. The summed E-state index contributed by atoms with van der Waals surface area (Å²) >= 11 is 0. The monoisotopic (exact) mass is 730 g/mol. The number of fused-ring (bicyclic) bond motifs is 2. The minimum atomic E-state index is -2.90. The zero-order valence-corrected chi connectivity index (χ0v) is 31.7. The van der Waals surface area contributed by atoms with E-state index in [0.29, 0.717) is 0 Å². The van der Waals surface area contributed by atoms with Gasteiger partial charge >= 0.3 is 321 Å². The van der Waals surface area contributed by atoms with Crippen molar-refractivity contribution in [3.8, 4) is 11.1 Å². The minimum absolute atomic E-state index is 0.939. The third-order valence-electron chi connectivity index (χ3n) is 10.3. The van der Waals surface area contributed by atoms with E-state index in [4.69, 9.17) is 0 Å². The average Bonchev–Trinajstić information content (AvgIpc) is 3.26. The molecule has 0 aliphatic heterocycles. The molecular weight excluding hydrogens is 691 g/mol. The Morgan fingerprint density at radius 1 is 0.315 bits per heavy atom. The number of hydrogen-bond acceptors (Lipinski definition) is 2. The third-order valence-corrected chi connectivity index (χ3v) is 16.6. The SMILES string of the molecule is c1ccc(P(Nc2ccc3ccccc3c2-c2c(N[PH](c3ccccc3)(c3ccccc3)c3ccccc3)ccc3ccccc23)c2ccccc2)cc1. The van der Waals surface area contributed by atoms with Crippen LogP contribution in [0, 0.1) is 0 Å². The van der Waals surface area contributed by atoms with Gasteiger partial charge in [-0.2, -0.15) is 0 Å². The summed E-state index contributed by atoms with van der Waals surface area (Å²) in [5.41, 5.74) is 4.62. The van der Waals surface area contributed by atoms with Crippen LogP contribution in [0.3, 0.4) is 0 Å². The van der Waals surface area contributed by atoms with Gasteiger partial charge < -0.3 is 0 Å². The summed E-state index contributed by atoms with van der Waals surface area (Å²) in [7, 11) is -3.84. The Hall–Kier alpha value is -6.04. The van der Waals surface area contributed by atoms with Crippen LogP contribution in [0.2, 0.25) is 0 Å². The van der Waals surface area contributed by atoms with E-state index in [1.165, 1.54) is 59.2 Å². The summed E-state index contributed by atoms with van der Waals surface area (Å²) in [5.74, 6) is 0. The van der Waals surface area contributed by atoms with Gasteiger partial charge in [-0.1, -0.05) is 0 Å². The van der Waals surface area contributed by atoms with Crippen molar-refractivity contribution in [2.75, 3.05) is 10.2 Å². The molecule has 0 saturated heterocycles. The standard InChI is InChI=1S/C50H40N2P2/c1-6-22-40(23-7-1)53(41-24-8-2-9-25-41)51-47-36-34-38-20-16-18-32-45(38)49(47)50-46-33-19-17-21-39(46)35-37-48(50)52-54(42-26-10-3-11-27-42,43-28-12-4-13-29-43)44-30-14-5-15-31-44/h1-37,51-52,54H. The molecule has 54 heavy (non-hydrogen) atoms. The van der Waals surface area contributed by atoms with Gasteiger partial charge in [0.2, 0.25) is 0 Å². The van der Waals surface area contributed by atoms with Crippen molar-refractivity contribution >= 4 is 74.9 Å². The first-order chi connectivity index (χ1) is 26.8. The Bertz CT molecular complexity index is 2510. The molecule has 0 unspecified atom stereocenters. The van der Waals surface area contributed by atoms with Gasteiger partial charge in [-0.15, -0.1) is 0 Å². The van der Waals surface area contributed by atoms with Crippen molar-refractivity contribution in [3.05, 3.63) is 224 Å². The van der Waals surface area contributed by atoms with E-state index < -0.39 is 15.5 Å². The molecular formula is C50H40N2P2. The zero-order chi connectivity index (χ0) is 36.2. The first kappa shape index (κ1) is 33.8. The molecule has 0 heterocycles. The van der Waals surface area contributed by atoms with E-state index in [9.17, 15) is 0 Å². The Labute approximate surface area is 319 Å². The third kappa shape index (κ3) is 6.35. The van der Waals surface area contributed by atoms with Crippen LogP contribution < -0.4 is 36.7 Å². The van der Waals surface area contributed by atoms with Gasteiger partial charge in [0.25, 0.3) is 0 Å². The van der Waals surface area contributed by atoms with Gasteiger partial charge in [-0.05, 0) is 0 Å². The van der Waals surface area contributed by atoms with E-state index in [-0.39, 0.29) is 0 Å². The molecule has 0 spiro atoms. The number of rotatable bonds is 10. The molecule has 4 heteroatoms. The fraction of sp³-hybridized carbons (Fsp3) is 0. The quantitative estimate of drug-likeness (QED) is 0.137. The fourth-order valence-corrected chi connectivity index (χ4v) is 13.9. The second kappa shape index (κ2) is 15.1. The van der Waals surface area contributed by atoms with Crippen molar-refractivity contribution in [2.24, 2.45) is 0 Å². The van der Waals surface area contributed by atoms with E-state index in [1.54, 1.807) is 0 Å². The van der Waals surface area contributed by atoms with E-state index in [1.807, 2.05) is 0 Å². The van der Waals surface area contributed by atoms with E-state index >= 15 is 0 Å². The molecule has 9 rings (SSSR count). The molecule has 0 saturated carbocycles. The van der Waals surface area contributed by atoms with Gasteiger partial charge in [0.15, 0.2) is 0 Å². The van der Waals surface area contributed by atoms with Crippen LogP contribution in [-0.2, 0) is 0 Å². The summed E-state index contributed by atoms with van der Waals surface area (Å²) in [6.07, 6.45) is 0. The number of anilines is 2. The van der Waals surface area contributed by atoms with Crippen molar-refractivity contribution < 1.29 is 0 Å². The van der Waals surface area contributed by atoms with Gasteiger partial charge in [-0.3, -0.25) is 0 Å². The Morgan fingerprint density at radius 3 is 1.11 bits per heavy atom. The van der Waals surface area contributed by atoms with Crippen molar-refractivity contribution in [2.45, 2.75) is 0 Å². The number of nitrogens with one attached hydrogen (secondary N) is 2. The average molecular weight is 731 g/mol. The summed E-state index contributed by atoms with van der Waals surface area (Å²) in [6.45, 7) is 0. The molecule has 0 aliphatic carbocycles. The second-order valence-corrected chi connectivity index (χ2v) is 18.9. The molecule has 260 valence electrons. The molecule has 0 amide bonds. The molecule has 9 aromatic carbocycles. The summed E-state index contributed by atoms with van der Waals surface area (Å²) in [5, 5.41) is 19.9.